The molecule has 2 amide bonds. The summed E-state index contributed by atoms with van der Waals surface area (Å²) in [5, 5.41) is 0.0170. The Kier molecular flexibility index (Phi) is 4.59. The average Bonchev–Trinajstić information content (AvgIpc) is 2.66. The maximum atomic E-state index is 12.5. The molecule has 1 heterocycles. The van der Waals surface area contributed by atoms with Crippen LogP contribution >= 0.6 is 0 Å². The number of hydrogen-bond acceptors (Lipinski definition) is 3. The van der Waals surface area contributed by atoms with Gasteiger partial charge in [0.1, 0.15) is 6.10 Å². The van der Waals surface area contributed by atoms with Crippen LogP contribution < -0.4 is 0 Å². The van der Waals surface area contributed by atoms with Gasteiger partial charge in [-0.25, -0.2) is 0 Å². The topological polar surface area (TPSA) is 46.6 Å². The van der Waals surface area contributed by atoms with Gasteiger partial charge in [0.2, 0.25) is 5.91 Å². The molecule has 22 heavy (non-hydrogen) atoms. The Balaban J connectivity index is 2.09. The van der Waals surface area contributed by atoms with Gasteiger partial charge >= 0.3 is 0 Å². The summed E-state index contributed by atoms with van der Waals surface area (Å²) in [7, 11) is -2.06. The molecule has 1 atom stereocenters. The van der Waals surface area contributed by atoms with Crippen molar-refractivity contribution in [1.29, 1.82) is 0 Å². The fraction of sp³-hybridized carbons (Fsp3) is 0.529. The Morgan fingerprint density at radius 3 is 2.32 bits per heavy atom. The van der Waals surface area contributed by atoms with Crippen molar-refractivity contribution in [2.75, 3.05) is 0 Å². The first-order chi connectivity index (χ1) is 10.1. The van der Waals surface area contributed by atoms with Gasteiger partial charge in [-0.2, -0.15) is 0 Å². The Hall–Kier alpha value is -1.46. The third-order valence-corrected chi connectivity index (χ3v) is 9.12. The minimum atomic E-state index is -2.06. The maximum Gasteiger partial charge on any atom is 0.257 e. The molecule has 1 aliphatic heterocycles. The molecule has 0 radical (unpaired) electrons. The maximum absolute atomic E-state index is 12.5. The van der Waals surface area contributed by atoms with Crippen LogP contribution in [0.1, 0.15) is 32.8 Å². The molecule has 0 spiro atoms. The standard InChI is InChI=1S/C17H25NO3Si/c1-17(2,3)22(4,5)21-14-11-15(19)18(16(14)20)12-13-9-7-6-8-10-13/h6-10,14H,11-12H2,1-5H3/t14-/m1/s1. The van der Waals surface area contributed by atoms with Gasteiger partial charge in [-0.05, 0) is 23.7 Å². The van der Waals surface area contributed by atoms with Gasteiger partial charge in [0.05, 0.1) is 13.0 Å². The summed E-state index contributed by atoms with van der Waals surface area (Å²) in [4.78, 5) is 26.0. The molecule has 0 aromatic heterocycles. The molecular formula is C17H25NO3Si. The van der Waals surface area contributed by atoms with Crippen LogP contribution in [0.25, 0.3) is 0 Å². The Morgan fingerprint density at radius 2 is 1.77 bits per heavy atom. The van der Waals surface area contributed by atoms with Crippen LogP contribution in [0.15, 0.2) is 30.3 Å². The summed E-state index contributed by atoms with van der Waals surface area (Å²) in [6.45, 7) is 10.9. The SMILES string of the molecule is CC(C)(C)[Si](C)(C)O[C@@H]1CC(=O)N(Cc2ccccc2)C1=O. The zero-order valence-electron chi connectivity index (χ0n) is 14.1. The lowest BCUT2D eigenvalue weighted by Crippen LogP contribution is -2.46. The number of hydrogen-bond donors (Lipinski definition) is 0. The largest absolute Gasteiger partial charge is 0.404 e. The second kappa shape index (κ2) is 5.97. The normalized spacial score (nSPS) is 19.9. The van der Waals surface area contributed by atoms with Crippen LogP contribution in [0.5, 0.6) is 0 Å². The van der Waals surface area contributed by atoms with Crippen LogP contribution in [-0.4, -0.2) is 31.1 Å². The molecule has 1 aliphatic rings. The molecule has 1 fully saturated rings. The lowest BCUT2D eigenvalue weighted by Gasteiger charge is -2.37. The second-order valence-corrected chi connectivity index (χ2v) is 12.1. The monoisotopic (exact) mass is 319 g/mol. The Bertz CT molecular complexity index is 563. The van der Waals surface area contributed by atoms with Crippen molar-refractivity contribution in [2.45, 2.75) is 58.0 Å². The molecule has 0 bridgehead atoms. The summed E-state index contributed by atoms with van der Waals surface area (Å²) in [5.74, 6) is -0.337. The second-order valence-electron chi connectivity index (χ2n) is 7.37. The third-order valence-electron chi connectivity index (χ3n) is 4.63. The fourth-order valence-corrected chi connectivity index (χ4v) is 3.46. The van der Waals surface area contributed by atoms with E-state index >= 15 is 0 Å². The molecule has 1 saturated heterocycles. The predicted molar refractivity (Wildman–Crippen MR) is 88.7 cm³/mol. The minimum absolute atomic E-state index is 0.0170. The quantitative estimate of drug-likeness (QED) is 0.631. The first-order valence-corrected chi connectivity index (χ1v) is 10.6. The van der Waals surface area contributed by atoms with Crippen molar-refractivity contribution in [3.8, 4) is 0 Å². The van der Waals surface area contributed by atoms with Crippen LogP contribution in [0, 0.1) is 0 Å². The number of imide groups is 1. The van der Waals surface area contributed by atoms with E-state index in [0.29, 0.717) is 6.54 Å². The number of likely N-dealkylation sites (tertiary alicyclic amines) is 1. The number of rotatable bonds is 4. The van der Waals surface area contributed by atoms with E-state index in [9.17, 15) is 9.59 Å². The van der Waals surface area contributed by atoms with Gasteiger partial charge in [-0.1, -0.05) is 51.1 Å². The summed E-state index contributed by atoms with van der Waals surface area (Å²) in [6.07, 6.45) is -0.449. The van der Waals surface area contributed by atoms with Gasteiger partial charge in [0, 0.05) is 0 Å². The van der Waals surface area contributed by atoms with E-state index in [0.717, 1.165) is 5.56 Å². The van der Waals surface area contributed by atoms with Crippen molar-refractivity contribution in [1.82, 2.24) is 4.90 Å². The van der Waals surface area contributed by atoms with Crippen LogP contribution in [-0.2, 0) is 20.6 Å². The van der Waals surface area contributed by atoms with E-state index < -0.39 is 14.4 Å². The molecule has 0 N–H and O–H groups in total. The van der Waals surface area contributed by atoms with Crippen LogP contribution in [0.4, 0.5) is 0 Å². The number of benzene rings is 1. The van der Waals surface area contributed by atoms with Crippen molar-refractivity contribution < 1.29 is 14.0 Å². The highest BCUT2D eigenvalue weighted by molar-refractivity contribution is 6.74. The molecule has 0 unspecified atom stereocenters. The molecular weight excluding hydrogens is 294 g/mol. The highest BCUT2D eigenvalue weighted by Gasteiger charge is 2.46. The zero-order chi connectivity index (χ0) is 16.5. The summed E-state index contributed by atoms with van der Waals surface area (Å²) in [5.41, 5.74) is 0.956. The van der Waals surface area contributed by atoms with Crippen molar-refractivity contribution in [2.24, 2.45) is 0 Å². The molecule has 5 heteroatoms. The van der Waals surface area contributed by atoms with E-state index in [2.05, 4.69) is 33.9 Å². The van der Waals surface area contributed by atoms with Crippen LogP contribution in [0.2, 0.25) is 18.1 Å². The van der Waals surface area contributed by atoms with E-state index in [1.54, 1.807) is 0 Å². The van der Waals surface area contributed by atoms with Crippen molar-refractivity contribution in [3.05, 3.63) is 35.9 Å². The first-order valence-electron chi connectivity index (χ1n) is 7.68. The average molecular weight is 319 g/mol. The summed E-state index contributed by atoms with van der Waals surface area (Å²) >= 11 is 0. The Labute approximate surface area is 133 Å². The number of carbonyl (C=O) groups is 2. The Morgan fingerprint density at radius 1 is 1.18 bits per heavy atom. The van der Waals surface area contributed by atoms with E-state index in [-0.39, 0.29) is 23.3 Å². The van der Waals surface area contributed by atoms with Gasteiger partial charge < -0.3 is 4.43 Å². The molecule has 1 aromatic carbocycles. The van der Waals surface area contributed by atoms with Crippen molar-refractivity contribution >= 4 is 20.1 Å². The van der Waals surface area contributed by atoms with Gasteiger partial charge in [0.25, 0.3) is 5.91 Å². The van der Waals surface area contributed by atoms with E-state index in [1.807, 2.05) is 30.3 Å². The van der Waals surface area contributed by atoms with Crippen molar-refractivity contribution in [3.63, 3.8) is 0 Å². The van der Waals surface area contributed by atoms with Crippen LogP contribution in [0.3, 0.4) is 0 Å². The molecule has 2 rings (SSSR count). The molecule has 1 aromatic rings. The van der Waals surface area contributed by atoms with Gasteiger partial charge in [-0.3, -0.25) is 14.5 Å². The third kappa shape index (κ3) is 3.47. The highest BCUT2D eigenvalue weighted by atomic mass is 28.4. The predicted octanol–water partition coefficient (Wildman–Crippen LogP) is 3.34. The lowest BCUT2D eigenvalue weighted by molar-refractivity contribution is -0.141. The van der Waals surface area contributed by atoms with Gasteiger partial charge in [0.15, 0.2) is 8.32 Å². The molecule has 4 nitrogen and oxygen atoms in total. The number of nitrogens with zero attached hydrogens (tertiary/aromatic N) is 1. The number of amides is 2. The molecule has 0 aliphatic carbocycles. The van der Waals surface area contributed by atoms with E-state index in [4.69, 9.17) is 4.43 Å². The van der Waals surface area contributed by atoms with E-state index in [1.165, 1.54) is 4.90 Å². The van der Waals surface area contributed by atoms with Gasteiger partial charge in [-0.15, -0.1) is 0 Å². The first kappa shape index (κ1) is 16.9. The smallest absolute Gasteiger partial charge is 0.257 e. The summed E-state index contributed by atoms with van der Waals surface area (Å²) in [6, 6.07) is 9.57. The number of carbonyl (C=O) groups excluding carboxylic acids is 2. The molecule has 120 valence electrons. The minimum Gasteiger partial charge on any atom is -0.404 e. The lowest BCUT2D eigenvalue weighted by atomic mass is 10.2. The zero-order valence-corrected chi connectivity index (χ0v) is 15.1. The summed E-state index contributed by atoms with van der Waals surface area (Å²) < 4.78 is 6.14. The fourth-order valence-electron chi connectivity index (χ4n) is 2.21. The molecule has 0 saturated carbocycles. The highest BCUT2D eigenvalue weighted by Crippen LogP contribution is 2.38.